The molecule has 0 bridgehead atoms. The molecule has 6 heteroatoms. The minimum Gasteiger partial charge on any atom is -0.466 e. The number of rotatable bonds is 3. The molecule has 1 aromatic rings. The van der Waals surface area contributed by atoms with Gasteiger partial charge < -0.3 is 4.74 Å². The summed E-state index contributed by atoms with van der Waals surface area (Å²) in [6, 6.07) is 7.47. The van der Waals surface area contributed by atoms with Gasteiger partial charge in [-0.05, 0) is 43.5 Å². The number of carbonyl (C=O) groups excluding carboxylic acids is 1. The van der Waals surface area contributed by atoms with Crippen molar-refractivity contribution in [1.82, 2.24) is 4.90 Å². The van der Waals surface area contributed by atoms with Crippen LogP contribution in [0.25, 0.3) is 6.08 Å². The largest absolute Gasteiger partial charge is 0.466 e. The average molecular weight is 347 g/mol. The summed E-state index contributed by atoms with van der Waals surface area (Å²) in [4.78, 5) is 14.6. The molecule has 2 atom stereocenters. The SMILES string of the molecule is CCOC(=O)C1CCCN(C2C(=S(=O)=O)C=Cc3ccccc32)C1. The van der Waals surface area contributed by atoms with Crippen LogP contribution in [-0.2, 0) is 19.8 Å². The van der Waals surface area contributed by atoms with Crippen LogP contribution in [-0.4, -0.2) is 43.8 Å². The number of fused-ring (bicyclic) bond motifs is 1. The van der Waals surface area contributed by atoms with E-state index < -0.39 is 10.3 Å². The maximum Gasteiger partial charge on any atom is 0.310 e. The number of nitrogens with zero attached hydrogens (tertiary/aromatic N) is 1. The lowest BCUT2D eigenvalue weighted by Gasteiger charge is -2.38. The first-order valence-electron chi connectivity index (χ1n) is 8.25. The molecular formula is C18H21NO4S. The van der Waals surface area contributed by atoms with Gasteiger partial charge in [-0.3, -0.25) is 9.69 Å². The summed E-state index contributed by atoms with van der Waals surface area (Å²) in [5.74, 6) is -0.385. The number of benzene rings is 1. The van der Waals surface area contributed by atoms with E-state index in [4.69, 9.17) is 4.74 Å². The number of carbonyl (C=O) groups is 1. The van der Waals surface area contributed by atoms with Crippen LogP contribution in [0.3, 0.4) is 0 Å². The van der Waals surface area contributed by atoms with Crippen molar-refractivity contribution in [3.8, 4) is 0 Å². The van der Waals surface area contributed by atoms with Crippen molar-refractivity contribution in [2.45, 2.75) is 25.8 Å². The third-order valence-electron chi connectivity index (χ3n) is 4.62. The van der Waals surface area contributed by atoms with Crippen LogP contribution < -0.4 is 0 Å². The van der Waals surface area contributed by atoms with Crippen molar-refractivity contribution >= 4 is 27.2 Å². The van der Waals surface area contributed by atoms with Crippen molar-refractivity contribution in [2.75, 3.05) is 19.7 Å². The van der Waals surface area contributed by atoms with Gasteiger partial charge in [0.15, 0.2) is 0 Å². The minimum absolute atomic E-state index is 0.188. The van der Waals surface area contributed by atoms with Gasteiger partial charge in [-0.2, -0.15) is 8.42 Å². The lowest BCUT2D eigenvalue weighted by atomic mass is 9.88. The Morgan fingerprint density at radius 1 is 1.29 bits per heavy atom. The summed E-state index contributed by atoms with van der Waals surface area (Å²) in [7, 11) is -2.29. The zero-order valence-electron chi connectivity index (χ0n) is 13.6. The molecule has 1 aliphatic heterocycles. The number of hydrogen-bond acceptors (Lipinski definition) is 5. The van der Waals surface area contributed by atoms with Crippen LogP contribution in [0, 0.1) is 5.92 Å². The molecule has 1 saturated heterocycles. The van der Waals surface area contributed by atoms with E-state index in [0.29, 0.717) is 18.0 Å². The Labute approximate surface area is 143 Å². The van der Waals surface area contributed by atoms with Gasteiger partial charge in [0.25, 0.3) is 0 Å². The molecule has 0 spiro atoms. The van der Waals surface area contributed by atoms with E-state index in [1.165, 1.54) is 0 Å². The summed E-state index contributed by atoms with van der Waals surface area (Å²) < 4.78 is 28.6. The fourth-order valence-electron chi connectivity index (χ4n) is 3.54. The topological polar surface area (TPSA) is 63.7 Å². The number of likely N-dealkylation sites (tertiary alicyclic amines) is 1. The number of piperidine rings is 1. The molecule has 0 radical (unpaired) electrons. The third-order valence-corrected chi connectivity index (χ3v) is 5.36. The molecule has 0 N–H and O–H groups in total. The van der Waals surface area contributed by atoms with Gasteiger partial charge in [0.05, 0.1) is 23.4 Å². The molecular weight excluding hydrogens is 326 g/mol. The molecule has 1 aliphatic carbocycles. The van der Waals surface area contributed by atoms with E-state index in [9.17, 15) is 13.2 Å². The van der Waals surface area contributed by atoms with E-state index >= 15 is 0 Å². The smallest absolute Gasteiger partial charge is 0.310 e. The van der Waals surface area contributed by atoms with E-state index in [1.807, 2.05) is 30.3 Å². The van der Waals surface area contributed by atoms with E-state index in [1.54, 1.807) is 13.0 Å². The van der Waals surface area contributed by atoms with Crippen LogP contribution in [0.2, 0.25) is 0 Å². The van der Waals surface area contributed by atoms with Crippen molar-refractivity contribution in [2.24, 2.45) is 5.92 Å². The van der Waals surface area contributed by atoms with E-state index in [2.05, 4.69) is 4.90 Å². The van der Waals surface area contributed by atoms with Crippen LogP contribution in [0.15, 0.2) is 30.3 Å². The first-order valence-corrected chi connectivity index (χ1v) is 9.33. The fraction of sp³-hybridized carbons (Fsp3) is 0.444. The lowest BCUT2D eigenvalue weighted by molar-refractivity contribution is -0.150. The molecule has 2 aliphatic rings. The number of hydrogen-bond donors (Lipinski definition) is 0. The van der Waals surface area contributed by atoms with Gasteiger partial charge in [-0.15, -0.1) is 0 Å². The maximum atomic E-state index is 12.1. The summed E-state index contributed by atoms with van der Waals surface area (Å²) in [6.45, 7) is 3.45. The first-order chi connectivity index (χ1) is 11.6. The van der Waals surface area contributed by atoms with Crippen molar-refractivity contribution < 1.29 is 17.9 Å². The first kappa shape index (κ1) is 16.9. The van der Waals surface area contributed by atoms with E-state index in [-0.39, 0.29) is 17.9 Å². The maximum absolute atomic E-state index is 12.1. The zero-order chi connectivity index (χ0) is 17.1. The molecule has 3 rings (SSSR count). The molecule has 24 heavy (non-hydrogen) atoms. The van der Waals surface area contributed by atoms with E-state index in [0.717, 1.165) is 30.5 Å². The van der Waals surface area contributed by atoms with Gasteiger partial charge in [0.2, 0.25) is 10.3 Å². The Morgan fingerprint density at radius 2 is 2.08 bits per heavy atom. The summed E-state index contributed by atoms with van der Waals surface area (Å²) in [5.41, 5.74) is 2.00. The Morgan fingerprint density at radius 3 is 2.83 bits per heavy atom. The van der Waals surface area contributed by atoms with Gasteiger partial charge in [0.1, 0.15) is 0 Å². The molecule has 1 aromatic carbocycles. The second-order valence-corrected chi connectivity index (χ2v) is 7.03. The average Bonchev–Trinajstić information content (AvgIpc) is 2.61. The number of ether oxygens (including phenoxy) is 1. The summed E-state index contributed by atoms with van der Waals surface area (Å²) in [5, 5.41) is 0. The predicted molar refractivity (Wildman–Crippen MR) is 93.1 cm³/mol. The van der Waals surface area contributed by atoms with Crippen LogP contribution in [0.5, 0.6) is 0 Å². The molecule has 0 amide bonds. The highest BCUT2D eigenvalue weighted by molar-refractivity contribution is 7.73. The molecule has 5 nitrogen and oxygen atoms in total. The lowest BCUT2D eigenvalue weighted by Crippen LogP contribution is -2.44. The second-order valence-electron chi connectivity index (χ2n) is 6.09. The third kappa shape index (κ3) is 3.30. The number of esters is 1. The Kier molecular flexibility index (Phi) is 5.16. The van der Waals surface area contributed by atoms with Crippen molar-refractivity contribution in [3.05, 3.63) is 41.5 Å². The summed E-state index contributed by atoms with van der Waals surface area (Å²) in [6.07, 6.45) is 5.15. The molecule has 0 aromatic heterocycles. The highest BCUT2D eigenvalue weighted by Gasteiger charge is 2.35. The minimum atomic E-state index is -2.29. The van der Waals surface area contributed by atoms with Crippen molar-refractivity contribution in [1.29, 1.82) is 0 Å². The van der Waals surface area contributed by atoms with Crippen molar-refractivity contribution in [3.63, 3.8) is 0 Å². The zero-order valence-corrected chi connectivity index (χ0v) is 14.5. The van der Waals surface area contributed by atoms with Crippen LogP contribution >= 0.6 is 0 Å². The van der Waals surface area contributed by atoms with Crippen LogP contribution in [0.4, 0.5) is 0 Å². The highest BCUT2D eigenvalue weighted by atomic mass is 32.2. The second kappa shape index (κ2) is 7.32. The van der Waals surface area contributed by atoms with Gasteiger partial charge in [-0.1, -0.05) is 30.3 Å². The molecule has 128 valence electrons. The molecule has 0 saturated carbocycles. The highest BCUT2D eigenvalue weighted by Crippen LogP contribution is 2.34. The Bertz CT molecular complexity index is 789. The monoisotopic (exact) mass is 347 g/mol. The molecule has 1 heterocycles. The fourth-order valence-corrected chi connectivity index (χ4v) is 4.18. The van der Waals surface area contributed by atoms with Crippen LogP contribution in [0.1, 0.15) is 36.9 Å². The van der Waals surface area contributed by atoms with Gasteiger partial charge in [-0.25, -0.2) is 0 Å². The molecule has 1 fully saturated rings. The van der Waals surface area contributed by atoms with Gasteiger partial charge >= 0.3 is 5.97 Å². The van der Waals surface area contributed by atoms with Gasteiger partial charge in [0, 0.05) is 6.54 Å². The standard InChI is InChI=1S/C18H21NO4S/c1-2-23-18(20)14-7-5-11-19(12-14)17-15-8-4-3-6-13(15)9-10-16(17)24(21)22/h3-4,6,8-10,14,17H,2,5,7,11-12H2,1H3. The Hall–Kier alpha value is -1.92. The summed E-state index contributed by atoms with van der Waals surface area (Å²) >= 11 is 0. The predicted octanol–water partition coefficient (Wildman–Crippen LogP) is 2.08. The normalized spacial score (nSPS) is 23.6. The Balaban J connectivity index is 1.95. The molecule has 2 unspecified atom stereocenters. The quantitative estimate of drug-likeness (QED) is 0.619.